The summed E-state index contributed by atoms with van der Waals surface area (Å²) in [5.41, 5.74) is 4.78. The third kappa shape index (κ3) is 2.04. The quantitative estimate of drug-likeness (QED) is 0.571. The first-order chi connectivity index (χ1) is 12.2. The Bertz CT molecular complexity index is 792. The van der Waals surface area contributed by atoms with Crippen molar-refractivity contribution in [3.8, 4) is 0 Å². The summed E-state index contributed by atoms with van der Waals surface area (Å²) >= 11 is 0. The maximum atomic E-state index is 13.2. The van der Waals surface area contributed by atoms with Crippen molar-refractivity contribution in [2.24, 2.45) is 23.7 Å². The maximum Gasteiger partial charge on any atom is 0.238 e. The van der Waals surface area contributed by atoms with Gasteiger partial charge in [0.25, 0.3) is 0 Å². The van der Waals surface area contributed by atoms with Crippen LogP contribution in [0.4, 0.5) is 5.69 Å². The number of allylic oxidation sites excluding steroid dienone is 4. The zero-order chi connectivity index (χ0) is 17.1. The van der Waals surface area contributed by atoms with Gasteiger partial charge in [-0.1, -0.05) is 41.9 Å². The van der Waals surface area contributed by atoms with E-state index in [1.54, 1.807) is 5.57 Å². The van der Waals surface area contributed by atoms with Crippen LogP contribution in [-0.2, 0) is 9.59 Å². The summed E-state index contributed by atoms with van der Waals surface area (Å²) in [5.74, 6) is -0.0127. The number of carbonyl (C=O) groups is 2. The van der Waals surface area contributed by atoms with Gasteiger partial charge in [-0.2, -0.15) is 0 Å². The van der Waals surface area contributed by atoms with Gasteiger partial charge < -0.3 is 0 Å². The lowest BCUT2D eigenvalue weighted by molar-refractivity contribution is -0.122. The number of imide groups is 1. The fraction of sp³-hybridized carbons (Fsp3) is 0.455. The van der Waals surface area contributed by atoms with Crippen molar-refractivity contribution in [1.82, 2.24) is 0 Å². The zero-order valence-corrected chi connectivity index (χ0v) is 14.6. The van der Waals surface area contributed by atoms with Gasteiger partial charge in [0.15, 0.2) is 0 Å². The predicted octanol–water partition coefficient (Wildman–Crippen LogP) is 4.18. The van der Waals surface area contributed by atoms with E-state index in [1.165, 1.54) is 29.7 Å². The Morgan fingerprint density at radius 1 is 0.920 bits per heavy atom. The van der Waals surface area contributed by atoms with Crippen LogP contribution >= 0.6 is 0 Å². The van der Waals surface area contributed by atoms with Crippen LogP contribution in [0.25, 0.3) is 0 Å². The molecule has 2 bridgehead atoms. The van der Waals surface area contributed by atoms with Crippen molar-refractivity contribution < 1.29 is 9.59 Å². The van der Waals surface area contributed by atoms with Crippen molar-refractivity contribution in [3.05, 3.63) is 53.1 Å². The molecule has 1 aromatic carbocycles. The highest BCUT2D eigenvalue weighted by molar-refractivity contribution is 6.23. The average Bonchev–Trinajstić information content (AvgIpc) is 3.25. The summed E-state index contributed by atoms with van der Waals surface area (Å²) < 4.78 is 0. The van der Waals surface area contributed by atoms with Crippen LogP contribution in [-0.4, -0.2) is 11.8 Å². The Kier molecular flexibility index (Phi) is 3.28. The van der Waals surface area contributed by atoms with Gasteiger partial charge in [0.2, 0.25) is 11.8 Å². The summed E-state index contributed by atoms with van der Waals surface area (Å²) in [6, 6.07) is 7.72. The van der Waals surface area contributed by atoms with Crippen LogP contribution in [0, 0.1) is 30.6 Å². The Labute approximate surface area is 148 Å². The van der Waals surface area contributed by atoms with E-state index in [0.29, 0.717) is 0 Å². The number of carbonyl (C=O) groups excluding carboxylic acids is 2. The minimum Gasteiger partial charge on any atom is -0.274 e. The van der Waals surface area contributed by atoms with Gasteiger partial charge in [-0.25, -0.2) is 4.90 Å². The van der Waals surface area contributed by atoms with Gasteiger partial charge >= 0.3 is 0 Å². The number of amides is 2. The molecule has 1 aromatic rings. The molecule has 4 aliphatic rings. The van der Waals surface area contributed by atoms with Gasteiger partial charge in [0.1, 0.15) is 0 Å². The first-order valence-electron chi connectivity index (χ1n) is 9.51. The topological polar surface area (TPSA) is 37.4 Å². The Hall–Kier alpha value is -2.16. The standard InChI is InChI=1S/C22H23NO2/c1-13-6-5-9-15(12-13)23-21(24)19-16-10-11-17(20(19)22(23)25)18(16)14-7-3-2-4-8-14/h5-6,9-12,16-17,19-20H,2-4,7-8H2,1H3/t16-,17-,19-,20-/m0/s1. The van der Waals surface area contributed by atoms with Crippen molar-refractivity contribution in [1.29, 1.82) is 0 Å². The van der Waals surface area contributed by atoms with Crippen molar-refractivity contribution >= 4 is 17.5 Å². The Morgan fingerprint density at radius 3 is 2.16 bits per heavy atom. The van der Waals surface area contributed by atoms with Crippen LogP contribution in [0.1, 0.15) is 37.7 Å². The van der Waals surface area contributed by atoms with Gasteiger partial charge in [-0.15, -0.1) is 0 Å². The first kappa shape index (κ1) is 15.1. The first-order valence-corrected chi connectivity index (χ1v) is 9.51. The van der Waals surface area contributed by atoms with Crippen molar-refractivity contribution in [2.75, 3.05) is 4.90 Å². The van der Waals surface area contributed by atoms with Crippen molar-refractivity contribution in [2.45, 2.75) is 39.0 Å². The molecule has 1 saturated heterocycles. The number of rotatable bonds is 1. The second-order valence-electron chi connectivity index (χ2n) is 7.96. The van der Waals surface area contributed by atoms with Gasteiger partial charge in [-0.3, -0.25) is 9.59 Å². The molecule has 1 aliphatic heterocycles. The smallest absolute Gasteiger partial charge is 0.238 e. The molecule has 0 unspecified atom stereocenters. The molecule has 0 radical (unpaired) electrons. The number of nitrogens with zero attached hydrogens (tertiary/aromatic N) is 1. The lowest BCUT2D eigenvalue weighted by Crippen LogP contribution is -2.33. The van der Waals surface area contributed by atoms with Gasteiger partial charge in [0, 0.05) is 11.8 Å². The van der Waals surface area contributed by atoms with E-state index >= 15 is 0 Å². The second kappa shape index (κ2) is 5.42. The zero-order valence-electron chi connectivity index (χ0n) is 14.6. The van der Waals surface area contributed by atoms with Crippen LogP contribution in [0.2, 0.25) is 0 Å². The Balaban J connectivity index is 1.54. The van der Waals surface area contributed by atoms with E-state index in [9.17, 15) is 9.59 Å². The second-order valence-corrected chi connectivity index (χ2v) is 7.96. The number of fused-ring (bicyclic) bond motifs is 5. The number of aryl methyl sites for hydroxylation is 1. The molecule has 2 amide bonds. The van der Waals surface area contributed by atoms with Crippen LogP contribution in [0.3, 0.4) is 0 Å². The molecule has 3 nitrogen and oxygen atoms in total. The maximum absolute atomic E-state index is 13.2. The van der Waals surface area contributed by atoms with Crippen molar-refractivity contribution in [3.63, 3.8) is 0 Å². The van der Waals surface area contributed by atoms with E-state index in [0.717, 1.165) is 24.1 Å². The molecule has 2 saturated carbocycles. The SMILES string of the molecule is Cc1cccc(N2C(=O)[C@@H]3[C@@H](C2=O)[C@H]2C=C[C@H]3C2=C2CCCCC2)c1. The van der Waals surface area contributed by atoms with E-state index in [2.05, 4.69) is 12.2 Å². The van der Waals surface area contributed by atoms with Gasteiger partial charge in [0.05, 0.1) is 17.5 Å². The lowest BCUT2D eigenvalue weighted by Gasteiger charge is -2.23. The molecule has 4 atom stereocenters. The molecular formula is C22H23NO2. The van der Waals surface area contributed by atoms with E-state index in [-0.39, 0.29) is 35.5 Å². The molecule has 3 heteroatoms. The monoisotopic (exact) mass is 333 g/mol. The number of benzene rings is 1. The molecule has 128 valence electrons. The fourth-order valence-electron chi connectivity index (χ4n) is 5.52. The molecule has 0 spiro atoms. The summed E-state index contributed by atoms with van der Waals surface area (Å²) in [6.45, 7) is 1.99. The fourth-order valence-corrected chi connectivity index (χ4v) is 5.52. The number of anilines is 1. The minimum absolute atomic E-state index is 0.00589. The molecule has 3 aliphatic carbocycles. The van der Waals surface area contributed by atoms with Gasteiger partial charge in [-0.05, 0) is 50.3 Å². The van der Waals surface area contributed by atoms with E-state index < -0.39 is 0 Å². The van der Waals surface area contributed by atoms with Crippen LogP contribution in [0.5, 0.6) is 0 Å². The van der Waals surface area contributed by atoms with Crippen LogP contribution < -0.4 is 4.90 Å². The van der Waals surface area contributed by atoms with Crippen LogP contribution in [0.15, 0.2) is 47.6 Å². The number of hydrogen-bond acceptors (Lipinski definition) is 2. The summed E-state index contributed by atoms with van der Waals surface area (Å²) in [4.78, 5) is 27.8. The summed E-state index contributed by atoms with van der Waals surface area (Å²) in [5, 5.41) is 0. The molecule has 1 heterocycles. The summed E-state index contributed by atoms with van der Waals surface area (Å²) in [6.07, 6.45) is 10.5. The highest BCUT2D eigenvalue weighted by Gasteiger charge is 2.62. The molecule has 0 aromatic heterocycles. The largest absolute Gasteiger partial charge is 0.274 e. The lowest BCUT2D eigenvalue weighted by atomic mass is 9.85. The molecule has 0 N–H and O–H groups in total. The molecule has 25 heavy (non-hydrogen) atoms. The minimum atomic E-state index is -0.174. The summed E-state index contributed by atoms with van der Waals surface area (Å²) in [7, 11) is 0. The molecule has 5 rings (SSSR count). The molecular weight excluding hydrogens is 310 g/mol. The normalized spacial score (nSPS) is 33.6. The third-order valence-corrected chi connectivity index (χ3v) is 6.54. The highest BCUT2D eigenvalue weighted by atomic mass is 16.2. The highest BCUT2D eigenvalue weighted by Crippen LogP contribution is 2.58. The molecule has 3 fully saturated rings. The van der Waals surface area contributed by atoms with E-state index in [1.807, 2.05) is 31.2 Å². The van der Waals surface area contributed by atoms with E-state index in [4.69, 9.17) is 0 Å². The predicted molar refractivity (Wildman–Crippen MR) is 96.9 cm³/mol. The number of hydrogen-bond donors (Lipinski definition) is 0. The third-order valence-electron chi connectivity index (χ3n) is 6.54. The Morgan fingerprint density at radius 2 is 1.56 bits per heavy atom. The average molecular weight is 333 g/mol.